The summed E-state index contributed by atoms with van der Waals surface area (Å²) in [7, 11) is 0. The van der Waals surface area contributed by atoms with Crippen LogP contribution in [0.25, 0.3) is 6.08 Å². The van der Waals surface area contributed by atoms with E-state index >= 15 is 0 Å². The van der Waals surface area contributed by atoms with Crippen LogP contribution in [0.4, 0.5) is 0 Å². The van der Waals surface area contributed by atoms with Gasteiger partial charge in [-0.2, -0.15) is 0 Å². The molecule has 5 heteroatoms. The van der Waals surface area contributed by atoms with Gasteiger partial charge >= 0.3 is 122 Å². The van der Waals surface area contributed by atoms with Gasteiger partial charge in [-0.15, -0.1) is 0 Å². The summed E-state index contributed by atoms with van der Waals surface area (Å²) in [6.45, 7) is 9.16. The molecule has 2 rings (SSSR count). The minimum atomic E-state index is -2.13. The Morgan fingerprint density at radius 3 is 2.14 bits per heavy atom. The van der Waals surface area contributed by atoms with Crippen molar-refractivity contribution in [2.24, 2.45) is 0 Å². The molecule has 0 fully saturated rings. The monoisotopic (exact) mass is 395 g/mol. The van der Waals surface area contributed by atoms with Gasteiger partial charge in [0.05, 0.1) is 0 Å². The fourth-order valence-corrected chi connectivity index (χ4v) is 10.4. The SMILES string of the molecule is CCC1=Cc2ccccc2[CH]1[Ti+2]([CH3])([CH3])[NH]C(C)(C)C.[Cl-].[Cl-].[SiH4]. The van der Waals surface area contributed by atoms with E-state index in [9.17, 15) is 0 Å². The smallest absolute Gasteiger partial charge is 0.0149 e. The first-order chi connectivity index (χ1) is 8.74. The zero-order valence-corrected chi connectivity index (χ0v) is 17.0. The molecule has 0 amide bonds. The molecule has 0 heterocycles. The third-order valence-corrected chi connectivity index (χ3v) is 9.34. The van der Waals surface area contributed by atoms with Crippen molar-refractivity contribution in [1.82, 2.24) is 3.80 Å². The molecule has 1 aromatic rings. The second-order valence-corrected chi connectivity index (χ2v) is 13.9. The molecule has 0 bridgehead atoms. The normalized spacial score (nSPS) is 15.9. The Hall–Kier alpha value is 0.431. The van der Waals surface area contributed by atoms with Crippen molar-refractivity contribution < 1.29 is 41.7 Å². The van der Waals surface area contributed by atoms with Crippen LogP contribution in [0.1, 0.15) is 49.5 Å². The third-order valence-electron chi connectivity index (χ3n) is 3.85. The topological polar surface area (TPSA) is 12.0 Å². The Bertz CT molecular complexity index is 510. The van der Waals surface area contributed by atoms with Gasteiger partial charge in [-0.1, -0.05) is 0 Å². The molecule has 1 N–H and O–H groups in total. The Labute approximate surface area is 157 Å². The zero-order valence-electron chi connectivity index (χ0n) is 13.9. The van der Waals surface area contributed by atoms with Crippen LogP contribution in [0, 0.1) is 0 Å². The molecule has 1 aromatic carbocycles. The van der Waals surface area contributed by atoms with Crippen molar-refractivity contribution in [1.29, 1.82) is 0 Å². The molecular formula is C17H31Cl2NSiTi. The Morgan fingerprint density at radius 2 is 1.64 bits per heavy atom. The second-order valence-electron chi connectivity index (χ2n) is 7.23. The molecule has 1 atom stereocenters. The van der Waals surface area contributed by atoms with Crippen LogP contribution in [-0.4, -0.2) is 16.5 Å². The molecule has 0 radical (unpaired) electrons. The molecule has 1 aliphatic rings. The average molecular weight is 396 g/mol. The summed E-state index contributed by atoms with van der Waals surface area (Å²) in [4.78, 5) is 0. The molecule has 0 aromatic heterocycles. The number of hydrogen-bond acceptors (Lipinski definition) is 1. The molecule has 22 heavy (non-hydrogen) atoms. The van der Waals surface area contributed by atoms with E-state index in [0.29, 0.717) is 4.22 Å². The van der Waals surface area contributed by atoms with Crippen molar-refractivity contribution in [2.45, 2.75) is 54.3 Å². The number of rotatable bonds is 3. The third kappa shape index (κ3) is 5.51. The van der Waals surface area contributed by atoms with Crippen LogP contribution in [0.3, 0.4) is 0 Å². The van der Waals surface area contributed by atoms with Gasteiger partial charge in [-0.25, -0.2) is 0 Å². The fraction of sp³-hybridized carbons (Fsp3) is 0.529. The molecule has 0 saturated heterocycles. The summed E-state index contributed by atoms with van der Waals surface area (Å²) in [6, 6.07) is 8.94. The van der Waals surface area contributed by atoms with Crippen LogP contribution < -0.4 is 28.6 Å². The molecule has 1 aliphatic carbocycles. The Kier molecular flexibility index (Phi) is 10.2. The standard InChI is InChI=1S/C11H11.C4H10N.2CH3.2ClH.H4Si.Ti/c1-2-9-7-10-5-3-4-6-11(10)8-9;1-4(2,3)5;;;;;;/h3-8H,2H2,1H3;5H,1-3H3;2*1H3;2*1H;1H4;/q;-1;;;;;;+3/p-2. The predicted octanol–water partition coefficient (Wildman–Crippen LogP) is -2.36. The zero-order chi connectivity index (χ0) is 14.3. The quantitative estimate of drug-likeness (QED) is 0.565. The van der Waals surface area contributed by atoms with Crippen molar-refractivity contribution in [3.8, 4) is 0 Å². The largest absolute Gasteiger partial charge is 1.00 e. The molecule has 0 spiro atoms. The summed E-state index contributed by atoms with van der Waals surface area (Å²) in [5.74, 6) is 0. The molecular weight excluding hydrogens is 365 g/mol. The van der Waals surface area contributed by atoms with Gasteiger partial charge in [0.25, 0.3) is 0 Å². The Balaban J connectivity index is 0. The van der Waals surface area contributed by atoms with Crippen LogP contribution in [0.5, 0.6) is 0 Å². The minimum Gasteiger partial charge on any atom is -1.00 e. The van der Waals surface area contributed by atoms with Crippen LogP contribution in [0.15, 0.2) is 29.8 Å². The second kappa shape index (κ2) is 9.06. The maximum absolute atomic E-state index is 3.99. The van der Waals surface area contributed by atoms with Gasteiger partial charge in [0.1, 0.15) is 0 Å². The molecule has 1 nitrogen and oxygen atoms in total. The number of nitrogens with one attached hydrogen (secondary N) is 1. The summed E-state index contributed by atoms with van der Waals surface area (Å²) in [5, 5.41) is 5.03. The maximum atomic E-state index is 3.99. The summed E-state index contributed by atoms with van der Waals surface area (Å²) in [5.41, 5.74) is 4.84. The predicted molar refractivity (Wildman–Crippen MR) is 93.4 cm³/mol. The average Bonchev–Trinajstić information content (AvgIpc) is 2.64. The number of halogens is 2. The van der Waals surface area contributed by atoms with Gasteiger partial charge in [0.15, 0.2) is 0 Å². The van der Waals surface area contributed by atoms with Gasteiger partial charge in [0.2, 0.25) is 0 Å². The van der Waals surface area contributed by atoms with Crippen LogP contribution in [-0.2, 0) is 16.8 Å². The van der Waals surface area contributed by atoms with Crippen molar-refractivity contribution >= 4 is 17.0 Å². The first-order valence-electron chi connectivity index (χ1n) is 7.33. The summed E-state index contributed by atoms with van der Waals surface area (Å²) >= 11 is -2.13. The van der Waals surface area contributed by atoms with Gasteiger partial charge in [0, 0.05) is 0 Å². The number of allylic oxidation sites excluding steroid dienone is 1. The number of hydrogen-bond donors (Lipinski definition) is 1. The van der Waals surface area contributed by atoms with Crippen molar-refractivity contribution in [2.75, 3.05) is 0 Å². The van der Waals surface area contributed by atoms with E-state index in [4.69, 9.17) is 0 Å². The van der Waals surface area contributed by atoms with Crippen molar-refractivity contribution in [3.05, 3.63) is 41.0 Å². The number of fused-ring (bicyclic) bond motifs is 1. The van der Waals surface area contributed by atoms with E-state index in [1.807, 2.05) is 0 Å². The molecule has 1 unspecified atom stereocenters. The molecule has 0 saturated carbocycles. The van der Waals surface area contributed by atoms with Gasteiger partial charge in [-0.3, -0.25) is 0 Å². The van der Waals surface area contributed by atoms with E-state index in [-0.39, 0.29) is 41.3 Å². The molecule has 126 valence electrons. The van der Waals surface area contributed by atoms with E-state index in [2.05, 4.69) is 72.3 Å². The first-order valence-corrected chi connectivity index (χ1v) is 12.1. The molecule has 0 aliphatic heterocycles. The van der Waals surface area contributed by atoms with E-state index < -0.39 is 16.8 Å². The van der Waals surface area contributed by atoms with Gasteiger partial charge in [-0.05, 0) is 11.0 Å². The van der Waals surface area contributed by atoms with Crippen LogP contribution >= 0.6 is 0 Å². The summed E-state index contributed by atoms with van der Waals surface area (Å²) in [6.07, 6.45) is 3.59. The minimum absolute atomic E-state index is 0. The van der Waals surface area contributed by atoms with Gasteiger partial charge < -0.3 is 24.8 Å². The fourth-order valence-electron chi connectivity index (χ4n) is 3.59. The Morgan fingerprint density at radius 1 is 1.09 bits per heavy atom. The van der Waals surface area contributed by atoms with E-state index in [1.165, 1.54) is 12.0 Å². The number of benzene rings is 1. The van der Waals surface area contributed by atoms with Crippen LogP contribution in [0.2, 0.25) is 10.5 Å². The van der Waals surface area contributed by atoms with E-state index in [0.717, 1.165) is 0 Å². The summed E-state index contributed by atoms with van der Waals surface area (Å²) < 4.78 is 4.66. The van der Waals surface area contributed by atoms with E-state index in [1.54, 1.807) is 11.1 Å². The van der Waals surface area contributed by atoms with Crippen molar-refractivity contribution in [3.63, 3.8) is 0 Å². The maximum Gasteiger partial charge on any atom is -0.0149 e. The first kappa shape index (κ1) is 24.7.